The van der Waals surface area contributed by atoms with Gasteiger partial charge in [0.15, 0.2) is 0 Å². The van der Waals surface area contributed by atoms with Crippen molar-refractivity contribution in [1.82, 2.24) is 15.1 Å². The molecule has 3 rings (SSSR count). The van der Waals surface area contributed by atoms with Crippen LogP contribution in [0.4, 0.5) is 0 Å². The Morgan fingerprint density at radius 1 is 1.17 bits per heavy atom. The maximum Gasteiger partial charge on any atom is 0.236 e. The lowest BCUT2D eigenvalue weighted by atomic mass is 9.92. The number of likely N-dealkylation sites (N-methyl/N-ethyl adjacent to an activating group) is 1. The first-order valence-electron chi connectivity index (χ1n) is 10.5. The summed E-state index contributed by atoms with van der Waals surface area (Å²) < 4.78 is 0. The summed E-state index contributed by atoms with van der Waals surface area (Å²) in [5, 5.41) is 13.2. The van der Waals surface area contributed by atoms with Gasteiger partial charge in [0, 0.05) is 39.3 Å². The van der Waals surface area contributed by atoms with Crippen LogP contribution in [0.25, 0.3) is 0 Å². The molecule has 1 fully saturated rings. The van der Waals surface area contributed by atoms with Crippen LogP contribution in [0.3, 0.4) is 0 Å². The Hall–Kier alpha value is -2.21. The van der Waals surface area contributed by atoms with Gasteiger partial charge in [-0.05, 0) is 42.5 Å². The highest BCUT2D eigenvalue weighted by Gasteiger charge is 2.29. The number of carbonyl (C=O) groups excluding carboxylic acids is 1. The summed E-state index contributed by atoms with van der Waals surface area (Å²) in [5.41, 5.74) is 3.66. The zero-order valence-electron chi connectivity index (χ0n) is 17.6. The minimum Gasteiger partial charge on any atom is -0.396 e. The number of rotatable bonds is 8. The molecule has 156 valence electrons. The van der Waals surface area contributed by atoms with Crippen molar-refractivity contribution in [3.05, 3.63) is 71.3 Å². The van der Waals surface area contributed by atoms with Gasteiger partial charge < -0.3 is 15.3 Å². The Morgan fingerprint density at radius 2 is 1.90 bits per heavy atom. The molecule has 0 aliphatic carbocycles. The molecule has 2 atom stereocenters. The number of piperidine rings is 1. The molecule has 0 radical (unpaired) electrons. The summed E-state index contributed by atoms with van der Waals surface area (Å²) in [7, 11) is 1.85. The number of nitrogens with one attached hydrogen (secondary N) is 1. The van der Waals surface area contributed by atoms with E-state index in [1.54, 1.807) is 4.90 Å². The largest absolute Gasteiger partial charge is 0.396 e. The number of aliphatic hydroxyl groups excluding tert-OH is 1. The molecular formula is C24H33N3O2. The number of aliphatic hydroxyl groups is 1. The summed E-state index contributed by atoms with van der Waals surface area (Å²) in [4.78, 5) is 16.8. The fourth-order valence-electron chi connectivity index (χ4n) is 3.99. The molecule has 5 heteroatoms. The fourth-order valence-corrected chi connectivity index (χ4v) is 3.99. The molecule has 1 aliphatic heterocycles. The number of amides is 1. The van der Waals surface area contributed by atoms with Gasteiger partial charge >= 0.3 is 0 Å². The molecule has 2 aromatic carbocycles. The Balaban J connectivity index is 1.52. The van der Waals surface area contributed by atoms with Gasteiger partial charge in [0.2, 0.25) is 5.91 Å². The lowest BCUT2D eigenvalue weighted by Crippen LogP contribution is -2.53. The highest BCUT2D eigenvalue weighted by atomic mass is 16.3. The monoisotopic (exact) mass is 395 g/mol. The number of benzene rings is 2. The second kappa shape index (κ2) is 10.5. The predicted octanol–water partition coefficient (Wildman–Crippen LogP) is 2.43. The van der Waals surface area contributed by atoms with Crippen molar-refractivity contribution in [2.75, 3.05) is 33.3 Å². The van der Waals surface area contributed by atoms with Crippen LogP contribution in [0, 0.1) is 12.8 Å². The number of hydrogen-bond donors (Lipinski definition) is 2. The fraction of sp³-hybridized carbons (Fsp3) is 0.458. The van der Waals surface area contributed by atoms with Crippen LogP contribution in [0.15, 0.2) is 54.6 Å². The summed E-state index contributed by atoms with van der Waals surface area (Å²) >= 11 is 0. The number of nitrogens with zero attached hydrogens (tertiary/aromatic N) is 2. The van der Waals surface area contributed by atoms with Crippen LogP contribution < -0.4 is 5.32 Å². The molecule has 0 unspecified atom stereocenters. The standard InChI is InChI=1S/C24H33N3O2/c1-19-8-6-7-11-21(19)16-26(2)24(29)14-25-23-17-27(13-12-22(23)18-28)15-20-9-4-3-5-10-20/h3-11,22-23,25,28H,12-18H2,1-2H3/t22-,23+/m1/s1. The summed E-state index contributed by atoms with van der Waals surface area (Å²) in [6, 6.07) is 18.7. The Labute approximate surface area is 174 Å². The van der Waals surface area contributed by atoms with E-state index in [9.17, 15) is 9.90 Å². The van der Waals surface area contributed by atoms with Crippen LogP contribution in [0.2, 0.25) is 0 Å². The molecule has 1 heterocycles. The maximum absolute atomic E-state index is 12.7. The number of carbonyl (C=O) groups is 1. The topological polar surface area (TPSA) is 55.8 Å². The van der Waals surface area contributed by atoms with Gasteiger partial charge in [-0.25, -0.2) is 0 Å². The molecular weight excluding hydrogens is 362 g/mol. The second-order valence-electron chi connectivity index (χ2n) is 8.12. The van der Waals surface area contributed by atoms with Crippen molar-refractivity contribution in [3.63, 3.8) is 0 Å². The molecule has 0 bridgehead atoms. The molecule has 0 aromatic heterocycles. The van der Waals surface area contributed by atoms with Crippen LogP contribution in [0.5, 0.6) is 0 Å². The van der Waals surface area contributed by atoms with Crippen molar-refractivity contribution in [2.24, 2.45) is 5.92 Å². The van der Waals surface area contributed by atoms with Crippen LogP contribution in [-0.4, -0.2) is 60.1 Å². The van der Waals surface area contributed by atoms with Gasteiger partial charge in [0.05, 0.1) is 6.54 Å². The van der Waals surface area contributed by atoms with E-state index in [-0.39, 0.29) is 24.5 Å². The molecule has 1 amide bonds. The van der Waals surface area contributed by atoms with Crippen LogP contribution in [-0.2, 0) is 17.9 Å². The van der Waals surface area contributed by atoms with E-state index in [0.29, 0.717) is 13.1 Å². The quantitative estimate of drug-likeness (QED) is 0.721. The first-order chi connectivity index (χ1) is 14.1. The first kappa shape index (κ1) is 21.5. The molecule has 1 aliphatic rings. The van der Waals surface area contributed by atoms with Gasteiger partial charge in [-0.1, -0.05) is 54.6 Å². The average molecular weight is 396 g/mol. The van der Waals surface area contributed by atoms with Gasteiger partial charge in [0.25, 0.3) is 0 Å². The van der Waals surface area contributed by atoms with Crippen molar-refractivity contribution in [1.29, 1.82) is 0 Å². The van der Waals surface area contributed by atoms with Crippen molar-refractivity contribution in [3.8, 4) is 0 Å². The SMILES string of the molecule is Cc1ccccc1CN(C)C(=O)CN[C@H]1CN(Cc2ccccc2)CC[C@@H]1CO. The van der Waals surface area contributed by atoms with Gasteiger partial charge in [-0.2, -0.15) is 0 Å². The Morgan fingerprint density at radius 3 is 2.62 bits per heavy atom. The van der Waals surface area contributed by atoms with E-state index in [2.05, 4.69) is 53.5 Å². The molecule has 29 heavy (non-hydrogen) atoms. The molecule has 1 saturated heterocycles. The minimum atomic E-state index is 0.0742. The molecule has 2 N–H and O–H groups in total. The zero-order chi connectivity index (χ0) is 20.6. The number of aryl methyl sites for hydroxylation is 1. The molecule has 5 nitrogen and oxygen atoms in total. The Bertz CT molecular complexity index is 781. The second-order valence-corrected chi connectivity index (χ2v) is 8.12. The molecule has 2 aromatic rings. The van der Waals surface area contributed by atoms with E-state index in [0.717, 1.165) is 26.1 Å². The van der Waals surface area contributed by atoms with Crippen molar-refractivity contribution in [2.45, 2.75) is 32.5 Å². The lowest BCUT2D eigenvalue weighted by Gasteiger charge is -2.38. The van der Waals surface area contributed by atoms with Crippen molar-refractivity contribution < 1.29 is 9.90 Å². The van der Waals surface area contributed by atoms with Crippen molar-refractivity contribution >= 4 is 5.91 Å². The maximum atomic E-state index is 12.7. The van der Waals surface area contributed by atoms with Crippen LogP contribution in [0.1, 0.15) is 23.1 Å². The third-order valence-electron chi connectivity index (χ3n) is 5.93. The van der Waals surface area contributed by atoms with E-state index in [1.165, 1.54) is 16.7 Å². The minimum absolute atomic E-state index is 0.0742. The third-order valence-corrected chi connectivity index (χ3v) is 5.93. The Kier molecular flexibility index (Phi) is 7.81. The highest BCUT2D eigenvalue weighted by Crippen LogP contribution is 2.19. The zero-order valence-corrected chi connectivity index (χ0v) is 17.6. The van der Waals surface area contributed by atoms with E-state index < -0.39 is 0 Å². The number of likely N-dealkylation sites (tertiary alicyclic amines) is 1. The number of hydrogen-bond acceptors (Lipinski definition) is 4. The van der Waals surface area contributed by atoms with E-state index >= 15 is 0 Å². The van der Waals surface area contributed by atoms with Gasteiger partial charge in [-0.3, -0.25) is 9.69 Å². The van der Waals surface area contributed by atoms with Gasteiger partial charge in [0.1, 0.15) is 0 Å². The van der Waals surface area contributed by atoms with Crippen LogP contribution >= 0.6 is 0 Å². The molecule has 0 saturated carbocycles. The highest BCUT2D eigenvalue weighted by molar-refractivity contribution is 5.78. The smallest absolute Gasteiger partial charge is 0.236 e. The third kappa shape index (κ3) is 6.13. The summed E-state index contributed by atoms with van der Waals surface area (Å²) in [6.45, 7) is 5.85. The average Bonchev–Trinajstić information content (AvgIpc) is 2.74. The summed E-state index contributed by atoms with van der Waals surface area (Å²) in [5.74, 6) is 0.265. The van der Waals surface area contributed by atoms with E-state index in [1.807, 2.05) is 25.2 Å². The normalized spacial score (nSPS) is 19.8. The predicted molar refractivity (Wildman–Crippen MR) is 116 cm³/mol. The van der Waals surface area contributed by atoms with Gasteiger partial charge in [-0.15, -0.1) is 0 Å². The molecule has 0 spiro atoms. The first-order valence-corrected chi connectivity index (χ1v) is 10.5. The summed E-state index contributed by atoms with van der Waals surface area (Å²) in [6.07, 6.45) is 0.939. The van der Waals surface area contributed by atoms with E-state index in [4.69, 9.17) is 0 Å². The lowest BCUT2D eigenvalue weighted by molar-refractivity contribution is -0.129.